The van der Waals surface area contributed by atoms with Crippen LogP contribution in [0.15, 0.2) is 36.4 Å². The van der Waals surface area contributed by atoms with Gasteiger partial charge in [-0.05, 0) is 55.0 Å². The van der Waals surface area contributed by atoms with E-state index in [0.29, 0.717) is 11.1 Å². The second-order valence-electron chi connectivity index (χ2n) is 13.6. The maximum Gasteiger partial charge on any atom is 2.00 e. The van der Waals surface area contributed by atoms with Crippen LogP contribution in [0.25, 0.3) is 0 Å². The fourth-order valence-electron chi connectivity index (χ4n) is 3.78. The average molecular weight is 527 g/mol. The molecule has 0 fully saturated rings. The summed E-state index contributed by atoms with van der Waals surface area (Å²) in [6.07, 6.45) is -1.02. The van der Waals surface area contributed by atoms with Crippen LogP contribution in [0.1, 0.15) is 123 Å². The monoisotopic (exact) mass is 526 g/mol. The summed E-state index contributed by atoms with van der Waals surface area (Å²) in [4.78, 5) is 23.9. The Hall–Kier alpha value is -0.190. The van der Waals surface area contributed by atoms with Gasteiger partial charge in [-0.3, -0.25) is 0 Å². The summed E-state index contributed by atoms with van der Waals surface area (Å²) in [6.45, 7) is 25.5. The van der Waals surface area contributed by atoms with E-state index in [9.17, 15) is 14.4 Å². The third-order valence-electron chi connectivity index (χ3n) is 6.21. The number of hydrogen-bond donors (Lipinski definition) is 0. The molecule has 0 N–H and O–H groups in total. The fourth-order valence-corrected chi connectivity index (χ4v) is 4.28. The Morgan fingerprint density at radius 1 is 0.571 bits per heavy atom. The molecule has 0 aliphatic heterocycles. The van der Waals surface area contributed by atoms with Gasteiger partial charge in [-0.25, -0.2) is 0 Å². The summed E-state index contributed by atoms with van der Waals surface area (Å²) in [6, 6.07) is 12.3. The molecule has 2 aromatic rings. The van der Waals surface area contributed by atoms with E-state index in [1.807, 2.05) is 24.3 Å². The summed E-state index contributed by atoms with van der Waals surface area (Å²) in [5, 5.41) is 0. The quantitative estimate of drug-likeness (QED) is 0.340. The zero-order valence-corrected chi connectivity index (χ0v) is 26.9. The SMILES string of the molecule is CC(C)(C)c1cc(C(OP(=O)([O-])[O-])c2cc(C(C)(C)C)cc(C(C)(C)C)c2)cc(C(C)(C)C)c1.[Ca+2]. The Labute approximate surface area is 243 Å². The first-order valence-corrected chi connectivity index (χ1v) is 13.5. The number of phosphoric ester groups is 1. The van der Waals surface area contributed by atoms with Crippen LogP contribution in [-0.4, -0.2) is 37.7 Å². The van der Waals surface area contributed by atoms with Gasteiger partial charge in [0.2, 0.25) is 0 Å². The minimum Gasteiger partial charge on any atom is -0.790 e. The van der Waals surface area contributed by atoms with Crippen LogP contribution >= 0.6 is 7.82 Å². The third kappa shape index (κ3) is 9.25. The molecule has 2 rings (SSSR count). The predicted octanol–water partition coefficient (Wildman–Crippen LogP) is 6.43. The first-order valence-electron chi connectivity index (χ1n) is 12.0. The molecule has 0 heterocycles. The van der Waals surface area contributed by atoms with Crippen molar-refractivity contribution in [3.63, 3.8) is 0 Å². The summed E-state index contributed by atoms with van der Waals surface area (Å²) in [5.41, 5.74) is 4.97. The van der Waals surface area contributed by atoms with Crippen LogP contribution < -0.4 is 9.79 Å². The average Bonchev–Trinajstić information content (AvgIpc) is 2.62. The van der Waals surface area contributed by atoms with Crippen molar-refractivity contribution in [2.24, 2.45) is 0 Å². The molecule has 0 spiro atoms. The van der Waals surface area contributed by atoms with Gasteiger partial charge < -0.3 is 18.9 Å². The van der Waals surface area contributed by atoms with Crippen LogP contribution in [0.3, 0.4) is 0 Å². The van der Waals surface area contributed by atoms with Crippen molar-refractivity contribution in [2.75, 3.05) is 0 Å². The Kier molecular flexibility index (Phi) is 10.2. The van der Waals surface area contributed by atoms with E-state index in [2.05, 4.69) is 95.2 Å². The zero-order chi connectivity index (χ0) is 26.5. The van der Waals surface area contributed by atoms with Crippen molar-refractivity contribution in [2.45, 2.75) is 111 Å². The molecule has 0 aliphatic rings. The molecule has 0 unspecified atom stereocenters. The van der Waals surface area contributed by atoms with Gasteiger partial charge in [0.15, 0.2) is 0 Å². The van der Waals surface area contributed by atoms with Crippen LogP contribution in [0.4, 0.5) is 0 Å². The fraction of sp³-hybridized carbons (Fsp3) is 0.586. The minimum absolute atomic E-state index is 0. The van der Waals surface area contributed by atoms with Crippen molar-refractivity contribution in [1.82, 2.24) is 0 Å². The molecule has 0 aliphatic carbocycles. The van der Waals surface area contributed by atoms with E-state index >= 15 is 0 Å². The van der Waals surface area contributed by atoms with Crippen molar-refractivity contribution in [3.05, 3.63) is 69.8 Å². The number of rotatable bonds is 4. The van der Waals surface area contributed by atoms with E-state index in [0.717, 1.165) is 22.3 Å². The summed E-state index contributed by atoms with van der Waals surface area (Å²) in [7, 11) is -5.28. The van der Waals surface area contributed by atoms with Crippen molar-refractivity contribution in [1.29, 1.82) is 0 Å². The van der Waals surface area contributed by atoms with E-state index < -0.39 is 13.9 Å². The Morgan fingerprint density at radius 2 is 0.800 bits per heavy atom. The topological polar surface area (TPSA) is 72.4 Å². The van der Waals surface area contributed by atoms with Gasteiger partial charge in [0.05, 0.1) is 7.82 Å². The summed E-state index contributed by atoms with van der Waals surface area (Å²) >= 11 is 0. The van der Waals surface area contributed by atoms with Gasteiger partial charge in [-0.2, -0.15) is 0 Å². The maximum atomic E-state index is 12.0. The van der Waals surface area contributed by atoms with Gasteiger partial charge in [0.25, 0.3) is 0 Å². The molecular formula is C29H43CaO4P. The molecule has 35 heavy (non-hydrogen) atoms. The molecule has 0 saturated carbocycles. The van der Waals surface area contributed by atoms with Gasteiger partial charge in [0, 0.05) is 0 Å². The molecule has 0 radical (unpaired) electrons. The molecule has 0 bridgehead atoms. The first-order chi connectivity index (χ1) is 15.0. The Morgan fingerprint density at radius 3 is 0.971 bits per heavy atom. The largest absolute Gasteiger partial charge is 2.00 e. The maximum absolute atomic E-state index is 12.0. The minimum atomic E-state index is -5.28. The van der Waals surface area contributed by atoms with Crippen molar-refractivity contribution in [3.8, 4) is 0 Å². The van der Waals surface area contributed by atoms with E-state index in [1.54, 1.807) is 0 Å². The standard InChI is InChI=1S/C29H45O4P.Ca/c1-26(2,3)21-13-19(14-22(17-21)27(4,5)6)25(33-34(30,31)32)20-15-23(28(7,8)9)18-24(16-20)29(10,11)12;/h13-18,25H,1-12H3,(H2,30,31,32);/q;+2/p-2. The molecule has 0 aromatic heterocycles. The van der Waals surface area contributed by atoms with Gasteiger partial charge in [-0.15, -0.1) is 0 Å². The van der Waals surface area contributed by atoms with Crippen LogP contribution in [0.2, 0.25) is 0 Å². The second kappa shape index (κ2) is 10.9. The predicted molar refractivity (Wildman–Crippen MR) is 144 cm³/mol. The Bertz CT molecular complexity index is 934. The second-order valence-corrected chi connectivity index (χ2v) is 14.7. The molecule has 6 heteroatoms. The normalized spacial score (nSPS) is 13.7. The number of phosphoric acid groups is 1. The molecular weight excluding hydrogens is 483 g/mol. The van der Waals surface area contributed by atoms with Crippen LogP contribution in [0.5, 0.6) is 0 Å². The molecule has 190 valence electrons. The third-order valence-corrected chi connectivity index (χ3v) is 6.68. The van der Waals surface area contributed by atoms with Crippen molar-refractivity contribution < 1.29 is 18.9 Å². The summed E-state index contributed by atoms with van der Waals surface area (Å²) in [5.74, 6) is 0. The summed E-state index contributed by atoms with van der Waals surface area (Å²) < 4.78 is 17.3. The number of benzene rings is 2. The molecule has 0 atom stereocenters. The molecule has 0 saturated heterocycles. The van der Waals surface area contributed by atoms with Crippen LogP contribution in [0, 0.1) is 0 Å². The molecule has 2 aromatic carbocycles. The zero-order valence-electron chi connectivity index (χ0n) is 23.8. The van der Waals surface area contributed by atoms with Gasteiger partial charge in [0.1, 0.15) is 6.10 Å². The molecule has 0 amide bonds. The molecule has 4 nitrogen and oxygen atoms in total. The van der Waals surface area contributed by atoms with Crippen molar-refractivity contribution >= 4 is 45.6 Å². The number of hydrogen-bond acceptors (Lipinski definition) is 4. The van der Waals surface area contributed by atoms with Gasteiger partial charge >= 0.3 is 37.7 Å². The van der Waals surface area contributed by atoms with E-state index in [1.165, 1.54) is 0 Å². The Balaban J connectivity index is 0.00000612. The van der Waals surface area contributed by atoms with Crippen LogP contribution in [-0.2, 0) is 30.7 Å². The first kappa shape index (κ1) is 32.8. The van der Waals surface area contributed by atoms with E-state index in [4.69, 9.17) is 4.52 Å². The smallest absolute Gasteiger partial charge is 0.790 e. The van der Waals surface area contributed by atoms with Gasteiger partial charge in [-0.1, -0.05) is 119 Å². The van der Waals surface area contributed by atoms with E-state index in [-0.39, 0.29) is 59.4 Å².